The Hall–Kier alpha value is -2.88. The van der Waals surface area contributed by atoms with Crippen LogP contribution in [0.1, 0.15) is 11.1 Å². The molecule has 0 atom stereocenters. The van der Waals surface area contributed by atoms with Crippen molar-refractivity contribution in [2.75, 3.05) is 14.2 Å². The van der Waals surface area contributed by atoms with Gasteiger partial charge in [0.2, 0.25) is 12.4 Å². The Labute approximate surface area is 142 Å². The first-order chi connectivity index (χ1) is 11.8. The molecule has 0 saturated carbocycles. The highest BCUT2D eigenvalue weighted by atomic mass is 16.5. The molecule has 24 heavy (non-hydrogen) atoms. The van der Waals surface area contributed by atoms with Gasteiger partial charge in [0, 0.05) is 23.3 Å². The molecule has 0 amide bonds. The molecular formula is C20H22N2O2+2. The Morgan fingerprint density at radius 2 is 1.08 bits per heavy atom. The molecular weight excluding hydrogens is 300 g/mol. The zero-order valence-corrected chi connectivity index (χ0v) is 14.1. The summed E-state index contributed by atoms with van der Waals surface area (Å²) in [7, 11) is 3.37. The van der Waals surface area contributed by atoms with Gasteiger partial charge in [0.15, 0.2) is 37.0 Å². The van der Waals surface area contributed by atoms with E-state index in [1.54, 1.807) is 14.2 Å². The third kappa shape index (κ3) is 4.10. The Kier molecular flexibility index (Phi) is 5.06. The van der Waals surface area contributed by atoms with Crippen molar-refractivity contribution in [1.29, 1.82) is 0 Å². The molecule has 0 bridgehead atoms. The molecule has 0 radical (unpaired) electrons. The lowest BCUT2D eigenvalue weighted by atomic mass is 10.1. The number of hydrogen-bond acceptors (Lipinski definition) is 2. The molecule has 122 valence electrons. The SMILES string of the molecule is COc1ccc[n+](Cc2ccc(C[n+]3cccc(OC)c3)cc2)c1. The molecule has 4 heteroatoms. The van der Waals surface area contributed by atoms with E-state index in [0.29, 0.717) is 0 Å². The van der Waals surface area contributed by atoms with Crippen LogP contribution in [-0.4, -0.2) is 14.2 Å². The van der Waals surface area contributed by atoms with Crippen LogP contribution in [0.25, 0.3) is 0 Å². The van der Waals surface area contributed by atoms with Crippen molar-refractivity contribution >= 4 is 0 Å². The van der Waals surface area contributed by atoms with Gasteiger partial charge >= 0.3 is 0 Å². The van der Waals surface area contributed by atoms with Gasteiger partial charge in [-0.3, -0.25) is 0 Å². The van der Waals surface area contributed by atoms with Crippen LogP contribution < -0.4 is 18.6 Å². The number of nitrogens with zero attached hydrogens (tertiary/aromatic N) is 2. The predicted molar refractivity (Wildman–Crippen MR) is 91.0 cm³/mol. The Morgan fingerprint density at radius 3 is 1.46 bits per heavy atom. The van der Waals surface area contributed by atoms with E-state index < -0.39 is 0 Å². The summed E-state index contributed by atoms with van der Waals surface area (Å²) in [6.45, 7) is 1.65. The lowest BCUT2D eigenvalue weighted by molar-refractivity contribution is -0.689. The van der Waals surface area contributed by atoms with Crippen LogP contribution in [0.2, 0.25) is 0 Å². The first-order valence-electron chi connectivity index (χ1n) is 7.91. The minimum Gasteiger partial charge on any atom is -0.491 e. The quantitative estimate of drug-likeness (QED) is 0.651. The maximum atomic E-state index is 5.26. The van der Waals surface area contributed by atoms with Gasteiger partial charge in [-0.15, -0.1) is 0 Å². The van der Waals surface area contributed by atoms with Gasteiger partial charge in [-0.1, -0.05) is 24.3 Å². The van der Waals surface area contributed by atoms with E-state index in [9.17, 15) is 0 Å². The van der Waals surface area contributed by atoms with Crippen molar-refractivity contribution in [3.05, 3.63) is 84.4 Å². The Bertz CT molecular complexity index is 732. The summed E-state index contributed by atoms with van der Waals surface area (Å²) in [6.07, 6.45) is 8.09. The highest BCUT2D eigenvalue weighted by Gasteiger charge is 2.07. The number of pyridine rings is 2. The van der Waals surface area contributed by atoms with E-state index in [2.05, 4.69) is 33.4 Å². The number of aromatic nitrogens is 2. The highest BCUT2D eigenvalue weighted by molar-refractivity contribution is 5.21. The average Bonchev–Trinajstić information content (AvgIpc) is 2.64. The first kappa shape index (κ1) is 16.0. The number of benzene rings is 1. The van der Waals surface area contributed by atoms with Crippen molar-refractivity contribution in [2.45, 2.75) is 13.1 Å². The standard InChI is InChI=1S/C20H22N2O2/c1-23-19-5-3-11-21(15-19)13-17-7-9-18(10-8-17)14-22-12-4-6-20(16-22)24-2/h3-12,15-16H,13-14H2,1-2H3/q+2. The van der Waals surface area contributed by atoms with Crippen LogP contribution in [0.5, 0.6) is 11.5 Å². The van der Waals surface area contributed by atoms with Crippen molar-refractivity contribution in [3.63, 3.8) is 0 Å². The molecule has 0 aliphatic carbocycles. The fourth-order valence-corrected chi connectivity index (χ4v) is 2.61. The van der Waals surface area contributed by atoms with Crippen LogP contribution in [0.15, 0.2) is 73.3 Å². The smallest absolute Gasteiger partial charge is 0.211 e. The molecule has 0 saturated heterocycles. The molecule has 0 aliphatic rings. The molecule has 0 spiro atoms. The lowest BCUT2D eigenvalue weighted by Gasteiger charge is -2.03. The van der Waals surface area contributed by atoms with E-state index in [1.165, 1.54) is 11.1 Å². The van der Waals surface area contributed by atoms with Crippen molar-refractivity contribution in [1.82, 2.24) is 0 Å². The van der Waals surface area contributed by atoms with E-state index in [0.717, 1.165) is 24.6 Å². The lowest BCUT2D eigenvalue weighted by Crippen LogP contribution is -2.34. The minimum absolute atomic E-state index is 0.823. The summed E-state index contributed by atoms with van der Waals surface area (Å²) in [6, 6.07) is 16.6. The highest BCUT2D eigenvalue weighted by Crippen LogP contribution is 2.08. The summed E-state index contributed by atoms with van der Waals surface area (Å²) < 4.78 is 14.8. The summed E-state index contributed by atoms with van der Waals surface area (Å²) >= 11 is 0. The summed E-state index contributed by atoms with van der Waals surface area (Å²) in [5, 5.41) is 0. The van der Waals surface area contributed by atoms with E-state index >= 15 is 0 Å². The molecule has 0 unspecified atom stereocenters. The molecule has 3 rings (SSSR count). The zero-order valence-electron chi connectivity index (χ0n) is 14.1. The second-order valence-electron chi connectivity index (χ2n) is 5.65. The van der Waals surface area contributed by atoms with Gasteiger partial charge in [-0.25, -0.2) is 0 Å². The van der Waals surface area contributed by atoms with Gasteiger partial charge in [0.05, 0.1) is 14.2 Å². The Morgan fingerprint density at radius 1 is 0.667 bits per heavy atom. The summed E-state index contributed by atoms with van der Waals surface area (Å²) in [4.78, 5) is 0. The summed E-state index contributed by atoms with van der Waals surface area (Å²) in [5.41, 5.74) is 2.51. The molecule has 0 N–H and O–H groups in total. The van der Waals surface area contributed by atoms with Crippen LogP contribution in [0.3, 0.4) is 0 Å². The topological polar surface area (TPSA) is 26.2 Å². The van der Waals surface area contributed by atoms with E-state index in [1.807, 2.05) is 49.1 Å². The molecule has 2 aromatic heterocycles. The predicted octanol–water partition coefficient (Wildman–Crippen LogP) is 2.38. The molecule has 3 aromatic rings. The fraction of sp³-hybridized carbons (Fsp3) is 0.200. The first-order valence-corrected chi connectivity index (χ1v) is 7.91. The zero-order chi connectivity index (χ0) is 16.8. The van der Waals surface area contributed by atoms with Crippen molar-refractivity contribution < 1.29 is 18.6 Å². The van der Waals surface area contributed by atoms with Gasteiger partial charge < -0.3 is 9.47 Å². The molecule has 4 nitrogen and oxygen atoms in total. The number of rotatable bonds is 6. The van der Waals surface area contributed by atoms with Gasteiger partial charge in [0.25, 0.3) is 0 Å². The van der Waals surface area contributed by atoms with Gasteiger partial charge in [-0.2, -0.15) is 9.13 Å². The fourth-order valence-electron chi connectivity index (χ4n) is 2.61. The second-order valence-corrected chi connectivity index (χ2v) is 5.65. The number of ether oxygens (including phenoxy) is 2. The second kappa shape index (κ2) is 7.59. The average molecular weight is 322 g/mol. The van der Waals surface area contributed by atoms with Crippen molar-refractivity contribution in [2.24, 2.45) is 0 Å². The molecule has 0 fully saturated rings. The van der Waals surface area contributed by atoms with E-state index in [-0.39, 0.29) is 0 Å². The maximum absolute atomic E-state index is 5.26. The third-order valence-electron chi connectivity index (χ3n) is 3.89. The molecule has 2 heterocycles. The normalized spacial score (nSPS) is 10.4. The van der Waals surface area contributed by atoms with Crippen LogP contribution in [0, 0.1) is 0 Å². The largest absolute Gasteiger partial charge is 0.491 e. The molecule has 1 aromatic carbocycles. The Balaban J connectivity index is 1.68. The van der Waals surface area contributed by atoms with Crippen LogP contribution in [-0.2, 0) is 13.1 Å². The monoisotopic (exact) mass is 322 g/mol. The van der Waals surface area contributed by atoms with E-state index in [4.69, 9.17) is 9.47 Å². The van der Waals surface area contributed by atoms with Crippen LogP contribution in [0.4, 0.5) is 0 Å². The number of methoxy groups -OCH3 is 2. The van der Waals surface area contributed by atoms with Crippen molar-refractivity contribution in [3.8, 4) is 11.5 Å². The van der Waals surface area contributed by atoms with Crippen LogP contribution >= 0.6 is 0 Å². The summed E-state index contributed by atoms with van der Waals surface area (Å²) in [5.74, 6) is 1.73. The van der Waals surface area contributed by atoms with Gasteiger partial charge in [-0.05, 0) is 12.1 Å². The minimum atomic E-state index is 0.823. The third-order valence-corrected chi connectivity index (χ3v) is 3.89. The molecule has 0 aliphatic heterocycles. The maximum Gasteiger partial charge on any atom is 0.211 e. The number of hydrogen-bond donors (Lipinski definition) is 0. The van der Waals surface area contributed by atoms with Gasteiger partial charge in [0.1, 0.15) is 0 Å².